The Hall–Kier alpha value is -1.99. The SMILES string of the molecule is CCCc1nc(C(=O)N2C[C@H]3C[C@@H](Oc4ccc(C)nc4C)[C@H](O)C[C@H]3C2)cs1. The number of pyridine rings is 1. The number of hydrogen-bond acceptors (Lipinski definition) is 6. The van der Waals surface area contributed by atoms with Gasteiger partial charge in [0.05, 0.1) is 16.8 Å². The lowest BCUT2D eigenvalue weighted by atomic mass is 9.78. The highest BCUT2D eigenvalue weighted by Crippen LogP contribution is 2.38. The lowest BCUT2D eigenvalue weighted by Crippen LogP contribution is -2.42. The second-order valence-electron chi connectivity index (χ2n) is 8.34. The first-order chi connectivity index (χ1) is 13.9. The molecule has 0 spiro atoms. The normalized spacial score (nSPS) is 26.4. The van der Waals surface area contributed by atoms with Crippen molar-refractivity contribution in [3.63, 3.8) is 0 Å². The van der Waals surface area contributed by atoms with Crippen LogP contribution in [0.4, 0.5) is 0 Å². The molecule has 1 aliphatic heterocycles. The van der Waals surface area contributed by atoms with Crippen molar-refractivity contribution in [3.05, 3.63) is 39.6 Å². The molecule has 2 aromatic rings. The standard InChI is InChI=1S/C22H29N3O3S/c1-4-5-21-24-17(12-29-21)22(27)25-10-15-8-18(26)20(9-16(15)11-25)28-19-7-6-13(2)23-14(19)3/h6-7,12,15-16,18,20,26H,4-5,8-11H2,1-3H3/t15-,16+,18+,20+/m0/s1. The van der Waals surface area contributed by atoms with E-state index in [1.54, 1.807) is 11.3 Å². The Morgan fingerprint density at radius 2 is 2.00 bits per heavy atom. The molecule has 1 saturated carbocycles. The Morgan fingerprint density at radius 1 is 1.24 bits per heavy atom. The lowest BCUT2D eigenvalue weighted by molar-refractivity contribution is -0.0236. The molecule has 1 amide bonds. The summed E-state index contributed by atoms with van der Waals surface area (Å²) in [6.07, 6.45) is 2.58. The third-order valence-electron chi connectivity index (χ3n) is 6.06. The third kappa shape index (κ3) is 4.31. The number of aryl methyl sites for hydroxylation is 3. The largest absolute Gasteiger partial charge is 0.486 e. The van der Waals surface area contributed by atoms with E-state index >= 15 is 0 Å². The minimum Gasteiger partial charge on any atom is -0.486 e. The molecule has 2 aliphatic rings. The number of amides is 1. The van der Waals surface area contributed by atoms with Gasteiger partial charge in [0.1, 0.15) is 17.5 Å². The fourth-order valence-electron chi connectivity index (χ4n) is 4.54. The molecule has 0 unspecified atom stereocenters. The fourth-order valence-corrected chi connectivity index (χ4v) is 5.42. The van der Waals surface area contributed by atoms with Gasteiger partial charge in [0, 0.05) is 24.2 Å². The summed E-state index contributed by atoms with van der Waals surface area (Å²) < 4.78 is 6.15. The van der Waals surface area contributed by atoms with Crippen LogP contribution in [0.25, 0.3) is 0 Å². The Morgan fingerprint density at radius 3 is 2.72 bits per heavy atom. The molecule has 29 heavy (non-hydrogen) atoms. The average Bonchev–Trinajstić information content (AvgIpc) is 3.31. The molecule has 6 nitrogen and oxygen atoms in total. The summed E-state index contributed by atoms with van der Waals surface area (Å²) >= 11 is 1.57. The number of hydrogen-bond donors (Lipinski definition) is 1. The zero-order valence-corrected chi connectivity index (χ0v) is 18.1. The van der Waals surface area contributed by atoms with Crippen molar-refractivity contribution >= 4 is 17.2 Å². The van der Waals surface area contributed by atoms with Gasteiger partial charge in [-0.25, -0.2) is 4.98 Å². The minimum absolute atomic E-state index is 0.0172. The van der Waals surface area contributed by atoms with E-state index in [4.69, 9.17) is 4.74 Å². The molecule has 4 rings (SSSR count). The maximum atomic E-state index is 12.9. The highest BCUT2D eigenvalue weighted by molar-refractivity contribution is 7.09. The topological polar surface area (TPSA) is 75.6 Å². The number of fused-ring (bicyclic) bond motifs is 1. The van der Waals surface area contributed by atoms with Gasteiger partial charge < -0.3 is 14.7 Å². The van der Waals surface area contributed by atoms with Crippen molar-refractivity contribution in [2.45, 2.75) is 58.7 Å². The monoisotopic (exact) mass is 415 g/mol. The van der Waals surface area contributed by atoms with Crippen molar-refractivity contribution in [2.75, 3.05) is 13.1 Å². The van der Waals surface area contributed by atoms with E-state index in [-0.39, 0.29) is 12.0 Å². The minimum atomic E-state index is -0.526. The summed E-state index contributed by atoms with van der Waals surface area (Å²) in [4.78, 5) is 23.8. The van der Waals surface area contributed by atoms with Crippen LogP contribution in [0, 0.1) is 25.7 Å². The number of carbonyl (C=O) groups is 1. The zero-order valence-electron chi connectivity index (χ0n) is 17.3. The van der Waals surface area contributed by atoms with E-state index in [0.29, 0.717) is 37.0 Å². The van der Waals surface area contributed by atoms with Gasteiger partial charge in [-0.15, -0.1) is 11.3 Å². The van der Waals surface area contributed by atoms with Crippen LogP contribution in [0.15, 0.2) is 17.5 Å². The summed E-state index contributed by atoms with van der Waals surface area (Å²) in [7, 11) is 0. The van der Waals surface area contributed by atoms with Crippen LogP contribution in [-0.4, -0.2) is 51.2 Å². The van der Waals surface area contributed by atoms with Gasteiger partial charge in [-0.1, -0.05) is 6.92 Å². The first-order valence-electron chi connectivity index (χ1n) is 10.5. The van der Waals surface area contributed by atoms with Gasteiger partial charge in [0.15, 0.2) is 0 Å². The highest BCUT2D eigenvalue weighted by atomic mass is 32.1. The van der Waals surface area contributed by atoms with E-state index < -0.39 is 6.10 Å². The maximum Gasteiger partial charge on any atom is 0.273 e. The zero-order chi connectivity index (χ0) is 20.5. The molecule has 2 aromatic heterocycles. The molecule has 3 heterocycles. The molecule has 156 valence electrons. The van der Waals surface area contributed by atoms with Crippen LogP contribution in [0.2, 0.25) is 0 Å². The van der Waals surface area contributed by atoms with Crippen LogP contribution in [0.3, 0.4) is 0 Å². The summed E-state index contributed by atoms with van der Waals surface area (Å²) in [5.74, 6) is 1.41. The number of carbonyl (C=O) groups excluding carboxylic acids is 1. The number of nitrogens with zero attached hydrogens (tertiary/aromatic N) is 3. The predicted octanol–water partition coefficient (Wildman–Crippen LogP) is 3.40. The van der Waals surface area contributed by atoms with Gasteiger partial charge in [-0.2, -0.15) is 0 Å². The summed E-state index contributed by atoms with van der Waals surface area (Å²) in [5, 5.41) is 13.6. The van der Waals surface area contributed by atoms with Gasteiger partial charge in [0.2, 0.25) is 0 Å². The Bertz CT molecular complexity index is 884. The molecular weight excluding hydrogens is 386 g/mol. The molecule has 0 aromatic carbocycles. The third-order valence-corrected chi connectivity index (χ3v) is 6.97. The molecule has 1 aliphatic carbocycles. The number of aliphatic hydroxyl groups excluding tert-OH is 1. The van der Waals surface area contributed by atoms with E-state index in [9.17, 15) is 9.90 Å². The summed E-state index contributed by atoms with van der Waals surface area (Å²) in [6.45, 7) is 7.40. The first kappa shape index (κ1) is 20.3. The van der Waals surface area contributed by atoms with E-state index in [1.165, 1.54) is 0 Å². The number of likely N-dealkylation sites (tertiary alicyclic amines) is 1. The maximum absolute atomic E-state index is 12.9. The number of thiazole rings is 1. The number of aromatic nitrogens is 2. The van der Waals surface area contributed by atoms with Crippen LogP contribution >= 0.6 is 11.3 Å². The first-order valence-corrected chi connectivity index (χ1v) is 11.3. The van der Waals surface area contributed by atoms with Gasteiger partial charge in [0.25, 0.3) is 5.91 Å². The Labute approximate surface area is 175 Å². The van der Waals surface area contributed by atoms with Crippen molar-refractivity contribution in [1.82, 2.24) is 14.9 Å². The second-order valence-corrected chi connectivity index (χ2v) is 9.28. The van der Waals surface area contributed by atoms with Gasteiger partial charge in [-0.05, 0) is 63.5 Å². The number of aliphatic hydroxyl groups is 1. The Kier molecular flexibility index (Phi) is 5.88. The van der Waals surface area contributed by atoms with Gasteiger partial charge >= 0.3 is 0 Å². The van der Waals surface area contributed by atoms with Crippen molar-refractivity contribution in [3.8, 4) is 5.75 Å². The quantitative estimate of drug-likeness (QED) is 0.810. The highest BCUT2D eigenvalue weighted by Gasteiger charge is 2.44. The van der Waals surface area contributed by atoms with Gasteiger partial charge in [-0.3, -0.25) is 9.78 Å². The molecule has 1 N–H and O–H groups in total. The average molecular weight is 416 g/mol. The molecular formula is C22H29N3O3S. The van der Waals surface area contributed by atoms with E-state index in [0.717, 1.165) is 41.4 Å². The molecule has 1 saturated heterocycles. The number of rotatable bonds is 5. The smallest absolute Gasteiger partial charge is 0.273 e. The molecule has 0 radical (unpaired) electrons. The second kappa shape index (κ2) is 8.40. The fraction of sp³-hybridized carbons (Fsp3) is 0.591. The van der Waals surface area contributed by atoms with E-state index in [2.05, 4.69) is 16.9 Å². The van der Waals surface area contributed by atoms with Crippen LogP contribution < -0.4 is 4.74 Å². The molecule has 4 atom stereocenters. The summed E-state index contributed by atoms with van der Waals surface area (Å²) in [5.41, 5.74) is 2.36. The molecule has 0 bridgehead atoms. The van der Waals surface area contributed by atoms with Crippen molar-refractivity contribution in [1.29, 1.82) is 0 Å². The van der Waals surface area contributed by atoms with Crippen LogP contribution in [0.1, 0.15) is 53.1 Å². The summed E-state index contributed by atoms with van der Waals surface area (Å²) in [6, 6.07) is 3.86. The molecule has 2 fully saturated rings. The van der Waals surface area contributed by atoms with Crippen LogP contribution in [-0.2, 0) is 6.42 Å². The molecule has 7 heteroatoms. The predicted molar refractivity (Wildman–Crippen MR) is 112 cm³/mol. The van der Waals surface area contributed by atoms with Crippen molar-refractivity contribution < 1.29 is 14.6 Å². The van der Waals surface area contributed by atoms with Crippen LogP contribution in [0.5, 0.6) is 5.75 Å². The van der Waals surface area contributed by atoms with E-state index in [1.807, 2.05) is 36.3 Å². The van der Waals surface area contributed by atoms with Crippen molar-refractivity contribution in [2.24, 2.45) is 11.8 Å². The Balaban J connectivity index is 1.41. The number of ether oxygens (including phenoxy) is 1. The lowest BCUT2D eigenvalue weighted by Gasteiger charge is -2.35.